The molecular formula is C15H19ClN2O2. The Morgan fingerprint density at radius 2 is 1.95 bits per heavy atom. The third-order valence-electron chi connectivity index (χ3n) is 2.84. The first-order valence-electron chi connectivity index (χ1n) is 6.58. The Hall–Kier alpha value is -1.52. The van der Waals surface area contributed by atoms with Gasteiger partial charge in [0.15, 0.2) is 0 Å². The maximum Gasteiger partial charge on any atom is 0.399 e. The molecule has 5 heteroatoms. The van der Waals surface area contributed by atoms with E-state index in [2.05, 4.69) is 24.1 Å². The van der Waals surface area contributed by atoms with Crippen LogP contribution in [0.25, 0.3) is 0 Å². The summed E-state index contributed by atoms with van der Waals surface area (Å²) in [5.41, 5.74) is 2.75. The van der Waals surface area contributed by atoms with E-state index in [1.807, 2.05) is 26.0 Å². The van der Waals surface area contributed by atoms with Gasteiger partial charge in [-0.05, 0) is 37.1 Å². The van der Waals surface area contributed by atoms with E-state index >= 15 is 0 Å². The van der Waals surface area contributed by atoms with Crippen LogP contribution in [0.1, 0.15) is 30.7 Å². The molecule has 0 bridgehead atoms. The van der Waals surface area contributed by atoms with Gasteiger partial charge in [-0.1, -0.05) is 25.4 Å². The maximum absolute atomic E-state index is 6.12. The highest BCUT2D eigenvalue weighted by Crippen LogP contribution is 2.28. The number of ether oxygens (including phenoxy) is 1. The lowest BCUT2D eigenvalue weighted by molar-refractivity contribution is 0.330. The zero-order chi connectivity index (χ0) is 14.7. The molecule has 1 aromatic heterocycles. The second-order valence-corrected chi connectivity index (χ2v) is 5.49. The number of hydrogen-bond acceptors (Lipinski definition) is 4. The Balaban J connectivity index is 2.07. The molecule has 20 heavy (non-hydrogen) atoms. The van der Waals surface area contributed by atoms with Crippen LogP contribution in [0.15, 0.2) is 22.8 Å². The lowest BCUT2D eigenvalue weighted by atomic mass is 10.1. The van der Waals surface area contributed by atoms with Gasteiger partial charge >= 0.3 is 6.08 Å². The largest absolute Gasteiger partial charge is 0.417 e. The first kappa shape index (κ1) is 14.9. The van der Waals surface area contributed by atoms with E-state index in [0.29, 0.717) is 18.3 Å². The molecule has 0 unspecified atom stereocenters. The van der Waals surface area contributed by atoms with Gasteiger partial charge in [-0.25, -0.2) is 0 Å². The van der Waals surface area contributed by atoms with Gasteiger partial charge in [0.05, 0.1) is 5.69 Å². The lowest BCUT2D eigenvalue weighted by Gasteiger charge is -2.06. The molecule has 0 saturated heterocycles. The van der Waals surface area contributed by atoms with Crippen molar-refractivity contribution in [3.8, 4) is 11.8 Å². The molecule has 0 aliphatic rings. The summed E-state index contributed by atoms with van der Waals surface area (Å²) in [7, 11) is 0. The highest BCUT2D eigenvalue weighted by Gasteiger charge is 2.09. The van der Waals surface area contributed by atoms with Crippen LogP contribution in [0.3, 0.4) is 0 Å². The van der Waals surface area contributed by atoms with Crippen LogP contribution >= 0.6 is 11.6 Å². The molecule has 1 heterocycles. The fourth-order valence-electron chi connectivity index (χ4n) is 1.79. The van der Waals surface area contributed by atoms with Crippen molar-refractivity contribution in [1.82, 2.24) is 10.3 Å². The average molecular weight is 295 g/mol. The Morgan fingerprint density at radius 1 is 1.30 bits per heavy atom. The van der Waals surface area contributed by atoms with E-state index in [1.54, 1.807) is 6.26 Å². The van der Waals surface area contributed by atoms with Gasteiger partial charge in [0, 0.05) is 17.6 Å². The van der Waals surface area contributed by atoms with Crippen molar-refractivity contribution in [1.29, 1.82) is 0 Å². The molecule has 0 amide bonds. The SMILES string of the molecule is Cc1cc(Oc2nc(CNC(C)C)co2)cc(C)c1Cl. The minimum absolute atomic E-state index is 0.242. The average Bonchev–Trinajstić information content (AvgIpc) is 2.81. The number of nitrogens with one attached hydrogen (secondary N) is 1. The molecule has 0 saturated carbocycles. The summed E-state index contributed by atoms with van der Waals surface area (Å²) >= 11 is 6.12. The second-order valence-electron chi connectivity index (χ2n) is 5.11. The number of benzene rings is 1. The predicted octanol–water partition coefficient (Wildman–Crippen LogP) is 4.24. The van der Waals surface area contributed by atoms with E-state index in [0.717, 1.165) is 21.8 Å². The van der Waals surface area contributed by atoms with Crippen LogP contribution in [0.4, 0.5) is 0 Å². The smallest absolute Gasteiger partial charge is 0.399 e. The maximum atomic E-state index is 6.12. The Labute approximate surface area is 124 Å². The fraction of sp³-hybridized carbons (Fsp3) is 0.400. The number of aryl methyl sites for hydroxylation is 2. The summed E-state index contributed by atoms with van der Waals surface area (Å²) in [4.78, 5) is 4.27. The quantitative estimate of drug-likeness (QED) is 0.896. The normalized spacial score (nSPS) is 11.1. The van der Waals surface area contributed by atoms with Gasteiger partial charge in [0.2, 0.25) is 0 Å². The van der Waals surface area contributed by atoms with Crippen molar-refractivity contribution in [2.45, 2.75) is 40.3 Å². The number of oxazole rings is 1. The van der Waals surface area contributed by atoms with Crippen molar-refractivity contribution in [3.05, 3.63) is 40.2 Å². The number of aromatic nitrogens is 1. The lowest BCUT2D eigenvalue weighted by Crippen LogP contribution is -2.21. The van der Waals surface area contributed by atoms with Crippen LogP contribution in [0.5, 0.6) is 11.8 Å². The van der Waals surface area contributed by atoms with Gasteiger partial charge in [-0.2, -0.15) is 4.98 Å². The first-order chi connectivity index (χ1) is 9.45. The highest BCUT2D eigenvalue weighted by molar-refractivity contribution is 6.32. The number of rotatable bonds is 5. The fourth-order valence-corrected chi connectivity index (χ4v) is 1.90. The van der Waals surface area contributed by atoms with Crippen molar-refractivity contribution in [3.63, 3.8) is 0 Å². The molecule has 1 aromatic carbocycles. The van der Waals surface area contributed by atoms with Crippen LogP contribution in [-0.2, 0) is 6.54 Å². The Kier molecular flexibility index (Phi) is 4.68. The van der Waals surface area contributed by atoms with Gasteiger partial charge in [-0.3, -0.25) is 0 Å². The molecule has 108 valence electrons. The molecule has 2 rings (SSSR count). The van der Waals surface area contributed by atoms with Crippen molar-refractivity contribution in [2.75, 3.05) is 0 Å². The summed E-state index contributed by atoms with van der Waals surface area (Å²) in [6, 6.07) is 4.13. The van der Waals surface area contributed by atoms with Crippen LogP contribution < -0.4 is 10.1 Å². The third-order valence-corrected chi connectivity index (χ3v) is 3.43. The molecule has 0 aliphatic carbocycles. The van der Waals surface area contributed by atoms with Crippen LogP contribution in [0, 0.1) is 13.8 Å². The zero-order valence-electron chi connectivity index (χ0n) is 12.2. The van der Waals surface area contributed by atoms with E-state index < -0.39 is 0 Å². The monoisotopic (exact) mass is 294 g/mol. The molecule has 0 spiro atoms. The third kappa shape index (κ3) is 3.74. The summed E-state index contributed by atoms with van der Waals surface area (Å²) in [6.45, 7) is 8.70. The minimum Gasteiger partial charge on any atom is -0.417 e. The van der Waals surface area contributed by atoms with E-state index in [1.165, 1.54) is 0 Å². The molecule has 0 aliphatic heterocycles. The summed E-state index contributed by atoms with van der Waals surface area (Å²) in [5.74, 6) is 0.676. The van der Waals surface area contributed by atoms with Gasteiger partial charge in [-0.15, -0.1) is 0 Å². The molecular weight excluding hydrogens is 276 g/mol. The standard InChI is InChI=1S/C15H19ClN2O2/c1-9(2)17-7-12-8-19-15(18-12)20-13-5-10(3)14(16)11(4)6-13/h5-6,8-9,17H,7H2,1-4H3. The van der Waals surface area contributed by atoms with Gasteiger partial charge < -0.3 is 14.5 Å². The highest BCUT2D eigenvalue weighted by atomic mass is 35.5. The minimum atomic E-state index is 0.242. The summed E-state index contributed by atoms with van der Waals surface area (Å²) in [6.07, 6.45) is 1.84. The summed E-state index contributed by atoms with van der Waals surface area (Å²) < 4.78 is 10.9. The van der Waals surface area contributed by atoms with Crippen LogP contribution in [-0.4, -0.2) is 11.0 Å². The summed E-state index contributed by atoms with van der Waals surface area (Å²) in [5, 5.41) is 4.03. The number of nitrogens with zero attached hydrogens (tertiary/aromatic N) is 1. The molecule has 0 fully saturated rings. The topological polar surface area (TPSA) is 47.3 Å². The molecule has 1 N–H and O–H groups in total. The van der Waals surface area contributed by atoms with Crippen molar-refractivity contribution >= 4 is 11.6 Å². The first-order valence-corrected chi connectivity index (χ1v) is 6.96. The van der Waals surface area contributed by atoms with Crippen molar-refractivity contribution < 1.29 is 9.15 Å². The Morgan fingerprint density at radius 3 is 2.55 bits per heavy atom. The van der Waals surface area contributed by atoms with Crippen molar-refractivity contribution in [2.24, 2.45) is 0 Å². The molecule has 4 nitrogen and oxygen atoms in total. The Bertz CT molecular complexity index is 570. The molecule has 0 atom stereocenters. The van der Waals surface area contributed by atoms with E-state index in [9.17, 15) is 0 Å². The number of hydrogen-bond donors (Lipinski definition) is 1. The second kappa shape index (κ2) is 6.29. The zero-order valence-corrected chi connectivity index (χ0v) is 12.9. The predicted molar refractivity (Wildman–Crippen MR) is 79.5 cm³/mol. The molecule has 0 radical (unpaired) electrons. The van der Waals surface area contributed by atoms with Gasteiger partial charge in [0.25, 0.3) is 0 Å². The van der Waals surface area contributed by atoms with E-state index in [4.69, 9.17) is 20.8 Å². The number of halogens is 1. The van der Waals surface area contributed by atoms with Gasteiger partial charge in [0.1, 0.15) is 12.0 Å². The van der Waals surface area contributed by atoms with E-state index in [-0.39, 0.29) is 6.08 Å². The van der Waals surface area contributed by atoms with Crippen LogP contribution in [0.2, 0.25) is 5.02 Å². The molecule has 2 aromatic rings.